The predicted octanol–water partition coefficient (Wildman–Crippen LogP) is 1.67. The molecule has 2 amide bonds. The van der Waals surface area contributed by atoms with Gasteiger partial charge < -0.3 is 10.2 Å². The van der Waals surface area contributed by atoms with Crippen LogP contribution in [0.2, 0.25) is 0 Å². The number of hydrogen-bond acceptors (Lipinski definition) is 4. The Morgan fingerprint density at radius 3 is 2.78 bits per heavy atom. The van der Waals surface area contributed by atoms with Crippen LogP contribution in [-0.4, -0.2) is 43.2 Å². The second-order valence-corrected chi connectivity index (χ2v) is 8.21. The Kier molecular flexibility index (Phi) is 3.94. The van der Waals surface area contributed by atoms with Crippen LogP contribution in [0.3, 0.4) is 0 Å². The molecule has 3 atom stereocenters. The lowest BCUT2D eigenvalue weighted by Crippen LogP contribution is -2.50. The molecule has 0 bridgehead atoms. The normalized spacial score (nSPS) is 28.1. The molecule has 7 heteroatoms. The first-order valence-corrected chi connectivity index (χ1v) is 9.00. The van der Waals surface area contributed by atoms with E-state index in [0.29, 0.717) is 12.2 Å². The van der Waals surface area contributed by atoms with E-state index in [1.54, 1.807) is 16.7 Å². The van der Waals surface area contributed by atoms with Gasteiger partial charge in [-0.05, 0) is 34.1 Å². The van der Waals surface area contributed by atoms with Crippen molar-refractivity contribution >= 4 is 23.6 Å². The van der Waals surface area contributed by atoms with Crippen LogP contribution in [0.25, 0.3) is 0 Å². The molecule has 2 saturated heterocycles. The minimum absolute atomic E-state index is 0.0633. The maximum absolute atomic E-state index is 12.7. The number of aryl methyl sites for hydroxylation is 2. The van der Waals surface area contributed by atoms with Gasteiger partial charge in [-0.15, -0.1) is 11.8 Å². The number of carbonyl (C=O) groups is 2. The molecule has 1 aromatic rings. The fourth-order valence-electron chi connectivity index (χ4n) is 3.81. The summed E-state index contributed by atoms with van der Waals surface area (Å²) in [5.74, 6) is 0.705. The van der Waals surface area contributed by atoms with Crippen LogP contribution >= 0.6 is 11.8 Å². The van der Waals surface area contributed by atoms with Crippen LogP contribution in [0.1, 0.15) is 49.7 Å². The molecular formula is C16H24N4O2S. The summed E-state index contributed by atoms with van der Waals surface area (Å²) >= 11 is 1.72. The highest BCUT2D eigenvalue weighted by Gasteiger charge is 2.53. The molecule has 0 saturated carbocycles. The second-order valence-electron chi connectivity index (χ2n) is 6.70. The van der Waals surface area contributed by atoms with Crippen molar-refractivity contribution < 1.29 is 9.59 Å². The molecule has 2 aliphatic heterocycles. The van der Waals surface area contributed by atoms with Crippen molar-refractivity contribution in [3.8, 4) is 0 Å². The largest absolute Gasteiger partial charge is 0.348 e. The molecule has 1 N–H and O–H groups in total. The van der Waals surface area contributed by atoms with Crippen molar-refractivity contribution in [2.75, 3.05) is 5.75 Å². The van der Waals surface area contributed by atoms with Crippen molar-refractivity contribution in [3.63, 3.8) is 0 Å². The van der Waals surface area contributed by atoms with Gasteiger partial charge in [-0.3, -0.25) is 14.3 Å². The van der Waals surface area contributed by atoms with E-state index in [4.69, 9.17) is 0 Å². The topological polar surface area (TPSA) is 67.2 Å². The lowest BCUT2D eigenvalue weighted by Gasteiger charge is -2.30. The van der Waals surface area contributed by atoms with Crippen molar-refractivity contribution in [3.05, 3.63) is 17.0 Å². The SMILES string of the molecule is Cc1nn(C)c(C)c1[C@H](C)NC(=O)[C@@H]1CS[C@@]2(C)CCC(=O)N12. The van der Waals surface area contributed by atoms with Crippen LogP contribution in [0.4, 0.5) is 0 Å². The number of nitrogens with zero attached hydrogens (tertiary/aromatic N) is 3. The molecule has 2 fully saturated rings. The van der Waals surface area contributed by atoms with Crippen LogP contribution in [0.5, 0.6) is 0 Å². The zero-order chi connectivity index (χ0) is 16.9. The van der Waals surface area contributed by atoms with Gasteiger partial charge in [0.15, 0.2) is 0 Å². The maximum atomic E-state index is 12.7. The van der Waals surface area contributed by atoms with E-state index in [9.17, 15) is 9.59 Å². The molecule has 1 aromatic heterocycles. The summed E-state index contributed by atoms with van der Waals surface area (Å²) in [5.41, 5.74) is 3.04. The average molecular weight is 336 g/mol. The minimum atomic E-state index is -0.361. The van der Waals surface area contributed by atoms with Gasteiger partial charge in [0.25, 0.3) is 0 Å². The molecule has 0 spiro atoms. The Morgan fingerprint density at radius 1 is 1.48 bits per heavy atom. The van der Waals surface area contributed by atoms with Crippen LogP contribution in [0.15, 0.2) is 0 Å². The maximum Gasteiger partial charge on any atom is 0.244 e. The number of nitrogens with one attached hydrogen (secondary N) is 1. The van der Waals surface area contributed by atoms with Crippen molar-refractivity contribution in [1.82, 2.24) is 20.0 Å². The molecule has 0 aromatic carbocycles. The third-order valence-corrected chi connectivity index (χ3v) is 6.61. The van der Waals surface area contributed by atoms with E-state index in [-0.39, 0.29) is 28.8 Å². The van der Waals surface area contributed by atoms with E-state index < -0.39 is 0 Å². The van der Waals surface area contributed by atoms with E-state index in [2.05, 4.69) is 17.3 Å². The Labute approximate surface area is 141 Å². The van der Waals surface area contributed by atoms with Crippen LogP contribution < -0.4 is 5.32 Å². The highest BCUT2D eigenvalue weighted by atomic mass is 32.2. The number of hydrogen-bond donors (Lipinski definition) is 1. The fourth-order valence-corrected chi connectivity index (χ4v) is 5.24. The standard InChI is InChI=1S/C16H24N4O2S/c1-9(14-10(2)18-19(5)11(14)3)17-15(22)12-8-23-16(4)7-6-13(21)20(12)16/h9,12H,6-8H2,1-5H3,(H,17,22)/t9-,12-,16-/m0/s1. The van der Waals surface area contributed by atoms with E-state index in [0.717, 1.165) is 23.4 Å². The number of thioether (sulfide) groups is 1. The number of aromatic nitrogens is 2. The Balaban J connectivity index is 1.76. The third-order valence-electron chi connectivity index (χ3n) is 5.10. The van der Waals surface area contributed by atoms with Crippen molar-refractivity contribution in [2.45, 2.75) is 57.5 Å². The first kappa shape index (κ1) is 16.4. The van der Waals surface area contributed by atoms with E-state index in [1.165, 1.54) is 0 Å². The van der Waals surface area contributed by atoms with Crippen molar-refractivity contribution in [2.24, 2.45) is 7.05 Å². The Hall–Kier alpha value is -1.50. The Morgan fingerprint density at radius 2 is 2.17 bits per heavy atom. The van der Waals surface area contributed by atoms with Gasteiger partial charge >= 0.3 is 0 Å². The minimum Gasteiger partial charge on any atom is -0.348 e. The van der Waals surface area contributed by atoms with Crippen LogP contribution in [0, 0.1) is 13.8 Å². The molecule has 126 valence electrons. The zero-order valence-electron chi connectivity index (χ0n) is 14.3. The summed E-state index contributed by atoms with van der Waals surface area (Å²) < 4.78 is 1.83. The third kappa shape index (κ3) is 2.55. The number of amides is 2. The van der Waals surface area contributed by atoms with Crippen molar-refractivity contribution in [1.29, 1.82) is 0 Å². The van der Waals surface area contributed by atoms with E-state index >= 15 is 0 Å². The molecule has 0 aliphatic carbocycles. The summed E-state index contributed by atoms with van der Waals surface area (Å²) in [6.07, 6.45) is 1.38. The lowest BCUT2D eigenvalue weighted by molar-refractivity contribution is -0.138. The Bertz CT molecular complexity index is 671. The molecule has 3 rings (SSSR count). The van der Waals surface area contributed by atoms with Crippen LogP contribution in [-0.2, 0) is 16.6 Å². The summed E-state index contributed by atoms with van der Waals surface area (Å²) in [4.78, 5) is 26.5. The number of fused-ring (bicyclic) bond motifs is 1. The summed E-state index contributed by atoms with van der Waals surface area (Å²) in [6.45, 7) is 8.00. The zero-order valence-corrected chi connectivity index (χ0v) is 15.2. The summed E-state index contributed by atoms with van der Waals surface area (Å²) in [7, 11) is 1.91. The lowest BCUT2D eigenvalue weighted by atomic mass is 10.1. The van der Waals surface area contributed by atoms with E-state index in [1.807, 2.05) is 32.5 Å². The summed E-state index contributed by atoms with van der Waals surface area (Å²) in [6, 6.07) is -0.481. The molecule has 2 aliphatic rings. The van der Waals surface area contributed by atoms with Gasteiger partial charge in [-0.25, -0.2) is 0 Å². The van der Waals surface area contributed by atoms with Gasteiger partial charge in [0.1, 0.15) is 6.04 Å². The quantitative estimate of drug-likeness (QED) is 0.912. The van der Waals surface area contributed by atoms with Gasteiger partial charge in [0, 0.05) is 30.5 Å². The smallest absolute Gasteiger partial charge is 0.244 e. The predicted molar refractivity (Wildman–Crippen MR) is 90.0 cm³/mol. The first-order chi connectivity index (χ1) is 10.7. The van der Waals surface area contributed by atoms with Gasteiger partial charge in [-0.1, -0.05) is 0 Å². The highest BCUT2D eigenvalue weighted by molar-refractivity contribution is 8.01. The van der Waals surface area contributed by atoms with Gasteiger partial charge in [0.05, 0.1) is 16.6 Å². The molecule has 0 unspecified atom stereocenters. The summed E-state index contributed by atoms with van der Waals surface area (Å²) in [5, 5.41) is 7.49. The average Bonchev–Trinajstić information content (AvgIpc) is 3.04. The molecule has 0 radical (unpaired) electrons. The van der Waals surface area contributed by atoms with Gasteiger partial charge in [0.2, 0.25) is 11.8 Å². The molecular weight excluding hydrogens is 312 g/mol. The second kappa shape index (κ2) is 5.54. The first-order valence-electron chi connectivity index (χ1n) is 8.01. The highest BCUT2D eigenvalue weighted by Crippen LogP contribution is 2.47. The fraction of sp³-hybridized carbons (Fsp3) is 0.688. The molecule has 3 heterocycles. The number of rotatable bonds is 3. The monoisotopic (exact) mass is 336 g/mol. The molecule has 6 nitrogen and oxygen atoms in total. The van der Waals surface area contributed by atoms with Gasteiger partial charge in [-0.2, -0.15) is 5.10 Å². The number of carbonyl (C=O) groups excluding carboxylic acids is 2. The molecule has 23 heavy (non-hydrogen) atoms.